The van der Waals surface area contributed by atoms with Crippen LogP contribution < -0.4 is 10.1 Å². The molecule has 35 heavy (non-hydrogen) atoms. The zero-order chi connectivity index (χ0) is 26.3. The molecule has 1 atom stereocenters. The summed E-state index contributed by atoms with van der Waals surface area (Å²) in [5.74, 6) is -6.87. The summed E-state index contributed by atoms with van der Waals surface area (Å²) in [5, 5.41) is 5.19. The molecule has 2 aromatic carbocycles. The number of amides is 1. The molecule has 0 fully saturated rings. The maximum atomic E-state index is 14.9. The van der Waals surface area contributed by atoms with Gasteiger partial charge in [-0.3, -0.25) is 4.79 Å². The Morgan fingerprint density at radius 3 is 2.31 bits per heavy atom. The lowest BCUT2D eigenvalue weighted by molar-refractivity contribution is -0.189. The van der Waals surface area contributed by atoms with E-state index in [0.29, 0.717) is 23.7 Å². The highest BCUT2D eigenvalue weighted by Crippen LogP contribution is 2.35. The van der Waals surface area contributed by atoms with Crippen molar-refractivity contribution in [1.29, 1.82) is 0 Å². The minimum Gasteiger partial charge on any atom is -0.480 e. The molecule has 15 heteroatoms. The Hall–Kier alpha value is -3.42. The fourth-order valence-electron chi connectivity index (χ4n) is 2.80. The van der Waals surface area contributed by atoms with Gasteiger partial charge in [-0.1, -0.05) is 17.7 Å². The van der Waals surface area contributed by atoms with Crippen LogP contribution in [0.1, 0.15) is 23.1 Å². The average molecular weight is 529 g/mol. The molecule has 3 rings (SSSR count). The van der Waals surface area contributed by atoms with Crippen molar-refractivity contribution in [2.75, 3.05) is 5.32 Å². The summed E-state index contributed by atoms with van der Waals surface area (Å²) in [5.41, 5.74) is -2.14. The molecule has 6 nitrogen and oxygen atoms in total. The molecular formula is C20H13ClF8N4O2. The smallest absolute Gasteiger partial charge is 0.451 e. The number of hydrogen-bond donors (Lipinski definition) is 1. The van der Waals surface area contributed by atoms with Crippen LogP contribution in [-0.4, -0.2) is 33.0 Å². The van der Waals surface area contributed by atoms with Gasteiger partial charge in [-0.15, -0.1) is 0 Å². The molecule has 0 aliphatic heterocycles. The first-order chi connectivity index (χ1) is 16.1. The quantitative estimate of drug-likeness (QED) is 0.412. The van der Waals surface area contributed by atoms with Gasteiger partial charge in [-0.25, -0.2) is 18.4 Å². The highest BCUT2D eigenvalue weighted by molar-refractivity contribution is 6.34. The van der Waals surface area contributed by atoms with Crippen molar-refractivity contribution in [3.8, 4) is 17.1 Å². The Morgan fingerprint density at radius 1 is 1.11 bits per heavy atom. The Kier molecular flexibility index (Phi) is 6.97. The number of halogens is 9. The van der Waals surface area contributed by atoms with Gasteiger partial charge < -0.3 is 10.1 Å². The van der Waals surface area contributed by atoms with Crippen LogP contribution >= 0.6 is 11.6 Å². The summed E-state index contributed by atoms with van der Waals surface area (Å²) in [7, 11) is 0.875. The van der Waals surface area contributed by atoms with E-state index in [1.165, 1.54) is 12.1 Å². The third-order valence-electron chi connectivity index (χ3n) is 4.54. The Labute approximate surface area is 196 Å². The first kappa shape index (κ1) is 26.2. The SMILES string of the molecule is CC(Oc1cc(-c2nc(C(F)(F)F)n(C)n2)c(F)cc1C(=O)Nc1c(F)cccc1Cl)C(F)(F)F. The molecule has 0 aliphatic carbocycles. The van der Waals surface area contributed by atoms with Crippen LogP contribution in [0.25, 0.3) is 11.4 Å². The largest absolute Gasteiger partial charge is 0.480 e. The number of aryl methyl sites for hydroxylation is 1. The van der Waals surface area contributed by atoms with Gasteiger partial charge in [0.05, 0.1) is 21.8 Å². The van der Waals surface area contributed by atoms with Crippen molar-refractivity contribution in [1.82, 2.24) is 14.8 Å². The fraction of sp³-hybridized carbons (Fsp3) is 0.250. The summed E-state index contributed by atoms with van der Waals surface area (Å²) in [4.78, 5) is 15.9. The Balaban J connectivity index is 2.12. The maximum absolute atomic E-state index is 14.9. The summed E-state index contributed by atoms with van der Waals surface area (Å²) >= 11 is 5.82. The molecule has 0 aliphatic rings. The standard InChI is InChI=1S/C20H13ClF8N4O2/c1-8(19(24,25)26)35-14-7-9(16-31-18(20(27,28)29)33(2)32-16)13(23)6-10(14)17(34)30-15-11(21)4-3-5-12(15)22/h3-8H,1-2H3,(H,30,34). The third kappa shape index (κ3) is 5.63. The van der Waals surface area contributed by atoms with Gasteiger partial charge in [-0.2, -0.15) is 31.4 Å². The number of ether oxygens (including phenoxy) is 1. The minimum absolute atomic E-state index is 0.265. The predicted molar refractivity (Wildman–Crippen MR) is 107 cm³/mol. The number of anilines is 1. The summed E-state index contributed by atoms with van der Waals surface area (Å²) in [6, 6.07) is 4.31. The minimum atomic E-state index is -4.96. The van der Waals surface area contributed by atoms with E-state index < -0.39 is 70.2 Å². The number of para-hydroxylation sites is 1. The van der Waals surface area contributed by atoms with E-state index in [4.69, 9.17) is 16.3 Å². The first-order valence-electron chi connectivity index (χ1n) is 9.40. The lowest BCUT2D eigenvalue weighted by Crippen LogP contribution is -2.32. The van der Waals surface area contributed by atoms with Crippen molar-refractivity contribution >= 4 is 23.2 Å². The van der Waals surface area contributed by atoms with E-state index in [-0.39, 0.29) is 5.02 Å². The van der Waals surface area contributed by atoms with Gasteiger partial charge in [0.25, 0.3) is 5.91 Å². The lowest BCUT2D eigenvalue weighted by Gasteiger charge is -2.20. The number of aromatic nitrogens is 3. The molecule has 1 unspecified atom stereocenters. The molecule has 1 aromatic heterocycles. The molecule has 1 heterocycles. The maximum Gasteiger partial charge on any atom is 0.451 e. The van der Waals surface area contributed by atoms with Crippen LogP contribution in [0.4, 0.5) is 40.8 Å². The number of rotatable bonds is 5. The number of carbonyl (C=O) groups excluding carboxylic acids is 1. The number of carbonyl (C=O) groups is 1. The molecular weight excluding hydrogens is 516 g/mol. The normalized spacial score (nSPS) is 13.0. The van der Waals surface area contributed by atoms with Crippen molar-refractivity contribution in [3.63, 3.8) is 0 Å². The zero-order valence-corrected chi connectivity index (χ0v) is 18.3. The van der Waals surface area contributed by atoms with Gasteiger partial charge in [0.15, 0.2) is 11.9 Å². The topological polar surface area (TPSA) is 69.0 Å². The second-order valence-corrected chi connectivity index (χ2v) is 7.47. The first-order valence-corrected chi connectivity index (χ1v) is 9.78. The van der Waals surface area contributed by atoms with Gasteiger partial charge in [0.1, 0.15) is 17.4 Å². The van der Waals surface area contributed by atoms with E-state index >= 15 is 0 Å². The molecule has 1 amide bonds. The summed E-state index contributed by atoms with van der Waals surface area (Å²) in [6.45, 7) is 0.583. The molecule has 0 spiro atoms. The molecule has 0 bridgehead atoms. The second-order valence-electron chi connectivity index (χ2n) is 7.06. The van der Waals surface area contributed by atoms with Gasteiger partial charge >= 0.3 is 12.4 Å². The van der Waals surface area contributed by atoms with Crippen molar-refractivity contribution in [3.05, 3.63) is 58.4 Å². The van der Waals surface area contributed by atoms with Gasteiger partial charge in [0.2, 0.25) is 5.82 Å². The Bertz CT molecular complexity index is 1250. The van der Waals surface area contributed by atoms with Crippen molar-refractivity contribution in [2.24, 2.45) is 7.05 Å². The van der Waals surface area contributed by atoms with Gasteiger partial charge in [0, 0.05) is 7.05 Å². The highest BCUT2D eigenvalue weighted by Gasteiger charge is 2.40. The van der Waals surface area contributed by atoms with Crippen LogP contribution in [0, 0.1) is 11.6 Å². The average Bonchev–Trinajstić information content (AvgIpc) is 3.12. The van der Waals surface area contributed by atoms with Crippen LogP contribution in [0.2, 0.25) is 5.02 Å². The predicted octanol–water partition coefficient (Wildman–Crippen LogP) is 6.01. The zero-order valence-electron chi connectivity index (χ0n) is 17.5. The lowest BCUT2D eigenvalue weighted by atomic mass is 10.1. The number of benzene rings is 2. The van der Waals surface area contributed by atoms with E-state index in [1.807, 2.05) is 5.32 Å². The molecule has 0 saturated heterocycles. The fourth-order valence-corrected chi connectivity index (χ4v) is 3.01. The summed E-state index contributed by atoms with van der Waals surface area (Å²) < 4.78 is 112. The highest BCUT2D eigenvalue weighted by atomic mass is 35.5. The van der Waals surface area contributed by atoms with Crippen LogP contribution in [0.5, 0.6) is 5.75 Å². The van der Waals surface area contributed by atoms with Crippen LogP contribution in [-0.2, 0) is 13.2 Å². The monoisotopic (exact) mass is 528 g/mol. The van der Waals surface area contributed by atoms with Crippen molar-refractivity contribution in [2.45, 2.75) is 25.4 Å². The number of alkyl halides is 6. The van der Waals surface area contributed by atoms with Crippen molar-refractivity contribution < 1.29 is 44.7 Å². The molecule has 1 N–H and O–H groups in total. The van der Waals surface area contributed by atoms with E-state index in [1.54, 1.807) is 0 Å². The van der Waals surface area contributed by atoms with Crippen LogP contribution in [0.15, 0.2) is 30.3 Å². The number of hydrogen-bond acceptors (Lipinski definition) is 4. The number of nitrogens with zero attached hydrogens (tertiary/aromatic N) is 3. The Morgan fingerprint density at radius 2 is 1.77 bits per heavy atom. The summed E-state index contributed by atoms with van der Waals surface area (Å²) in [6.07, 6.45) is -12.4. The van der Waals surface area contributed by atoms with E-state index in [0.717, 1.165) is 13.1 Å². The van der Waals surface area contributed by atoms with E-state index in [9.17, 15) is 39.9 Å². The van der Waals surface area contributed by atoms with Gasteiger partial charge in [-0.05, 0) is 31.2 Å². The molecule has 0 saturated carbocycles. The third-order valence-corrected chi connectivity index (χ3v) is 4.85. The van der Waals surface area contributed by atoms with Crippen LogP contribution in [0.3, 0.4) is 0 Å². The molecule has 188 valence electrons. The molecule has 3 aromatic rings. The number of nitrogens with one attached hydrogen (secondary N) is 1. The molecule has 0 radical (unpaired) electrons. The second kappa shape index (κ2) is 9.32. The van der Waals surface area contributed by atoms with E-state index in [2.05, 4.69) is 10.1 Å².